The van der Waals surface area contributed by atoms with Crippen LogP contribution in [0, 0.1) is 6.92 Å². The zero-order valence-corrected chi connectivity index (χ0v) is 15.8. The normalized spacial score (nSPS) is 14.1. The minimum atomic E-state index is -0.629. The summed E-state index contributed by atoms with van der Waals surface area (Å²) in [6.45, 7) is 1.53. The minimum absolute atomic E-state index is 0.119. The summed E-state index contributed by atoms with van der Waals surface area (Å²) in [6, 6.07) is 9.47. The summed E-state index contributed by atoms with van der Waals surface area (Å²) in [5.74, 6) is 0.0831. The van der Waals surface area contributed by atoms with Crippen LogP contribution < -0.4 is 0 Å². The summed E-state index contributed by atoms with van der Waals surface area (Å²) >= 11 is 0. The Balaban J connectivity index is 1.49. The zero-order chi connectivity index (χ0) is 20.4. The fourth-order valence-corrected chi connectivity index (χ4v) is 2.86. The fourth-order valence-electron chi connectivity index (χ4n) is 2.86. The number of carbonyl (C=O) groups excluding carboxylic acids is 2. The van der Waals surface area contributed by atoms with Crippen molar-refractivity contribution in [2.45, 2.75) is 26.4 Å². The third kappa shape index (κ3) is 3.77. The highest BCUT2D eigenvalue weighted by Crippen LogP contribution is 2.33. The van der Waals surface area contributed by atoms with Gasteiger partial charge in [-0.2, -0.15) is 5.10 Å². The molecule has 1 aromatic carbocycles. The molecule has 10 heteroatoms. The number of benzene rings is 1. The molecular formula is C19H17N5O5. The molecule has 2 aromatic heterocycles. The van der Waals surface area contributed by atoms with E-state index in [9.17, 15) is 9.59 Å². The summed E-state index contributed by atoms with van der Waals surface area (Å²) in [6.07, 6.45) is 0.446. The van der Waals surface area contributed by atoms with Crippen LogP contribution in [0.4, 0.5) is 0 Å². The van der Waals surface area contributed by atoms with Crippen LogP contribution in [0.5, 0.6) is 0 Å². The first kappa shape index (κ1) is 18.5. The van der Waals surface area contributed by atoms with E-state index >= 15 is 0 Å². The van der Waals surface area contributed by atoms with Gasteiger partial charge in [0.05, 0.1) is 0 Å². The molecule has 0 saturated carbocycles. The lowest BCUT2D eigenvalue weighted by Gasteiger charge is -2.18. The Morgan fingerprint density at radius 2 is 2.00 bits per heavy atom. The standard InChI is InChI=1S/C19H17N5O5/c1-11-16(17(23-29-11)12-6-4-3-5-7-12)18-21-20-14(28-18)10-27-19(26)13-8-9-15(25)24(2)22-13/h3-7H,8-10H2,1-2H3. The molecule has 0 bridgehead atoms. The Morgan fingerprint density at radius 1 is 1.21 bits per heavy atom. The largest absolute Gasteiger partial charge is 0.451 e. The summed E-state index contributed by atoms with van der Waals surface area (Å²) in [5.41, 5.74) is 2.19. The number of amides is 1. The maximum atomic E-state index is 12.1. The van der Waals surface area contributed by atoms with E-state index in [1.165, 1.54) is 7.05 Å². The van der Waals surface area contributed by atoms with Gasteiger partial charge in [-0.15, -0.1) is 10.2 Å². The smallest absolute Gasteiger partial charge is 0.355 e. The average Bonchev–Trinajstić information content (AvgIpc) is 3.35. The van der Waals surface area contributed by atoms with E-state index in [1.54, 1.807) is 6.92 Å². The van der Waals surface area contributed by atoms with Gasteiger partial charge in [-0.3, -0.25) is 4.79 Å². The van der Waals surface area contributed by atoms with E-state index in [1.807, 2.05) is 30.3 Å². The molecule has 148 valence electrons. The molecule has 4 rings (SSSR count). The Labute approximate surface area is 165 Å². The molecule has 0 N–H and O–H groups in total. The molecule has 0 unspecified atom stereocenters. The van der Waals surface area contributed by atoms with E-state index in [-0.39, 0.29) is 42.8 Å². The Hall–Kier alpha value is -3.82. The van der Waals surface area contributed by atoms with E-state index in [2.05, 4.69) is 20.5 Å². The second-order valence-corrected chi connectivity index (χ2v) is 6.37. The molecule has 0 atom stereocenters. The number of hydrazone groups is 1. The molecule has 1 aliphatic heterocycles. The first-order valence-corrected chi connectivity index (χ1v) is 8.88. The molecule has 0 saturated heterocycles. The third-order valence-corrected chi connectivity index (χ3v) is 4.36. The molecule has 0 fully saturated rings. The Bertz CT molecular complexity index is 1090. The van der Waals surface area contributed by atoms with Gasteiger partial charge in [0.25, 0.3) is 11.8 Å². The van der Waals surface area contributed by atoms with Crippen molar-refractivity contribution in [2.24, 2.45) is 5.10 Å². The topological polar surface area (TPSA) is 124 Å². The summed E-state index contributed by atoms with van der Waals surface area (Å²) < 4.78 is 16.1. The molecular weight excluding hydrogens is 378 g/mol. The minimum Gasteiger partial charge on any atom is -0.451 e. The van der Waals surface area contributed by atoms with Crippen molar-refractivity contribution in [3.05, 3.63) is 42.0 Å². The second kappa shape index (κ2) is 7.66. The molecule has 3 aromatic rings. The Kier molecular flexibility index (Phi) is 4.90. The SMILES string of the molecule is Cc1onc(-c2ccccc2)c1-c1nnc(COC(=O)C2=NN(C)C(=O)CC2)o1. The van der Waals surface area contributed by atoms with Gasteiger partial charge >= 0.3 is 5.97 Å². The molecule has 29 heavy (non-hydrogen) atoms. The van der Waals surface area contributed by atoms with E-state index in [0.29, 0.717) is 17.0 Å². The molecule has 10 nitrogen and oxygen atoms in total. The van der Waals surface area contributed by atoms with Crippen LogP contribution in [-0.4, -0.2) is 45.0 Å². The van der Waals surface area contributed by atoms with E-state index in [4.69, 9.17) is 13.7 Å². The summed E-state index contributed by atoms with van der Waals surface area (Å²) in [5, 5.41) is 17.1. The average molecular weight is 395 g/mol. The molecule has 0 aliphatic carbocycles. The highest BCUT2D eigenvalue weighted by Gasteiger charge is 2.25. The quantitative estimate of drug-likeness (QED) is 0.603. The van der Waals surface area contributed by atoms with Crippen LogP contribution in [-0.2, 0) is 20.9 Å². The number of nitrogens with zero attached hydrogens (tertiary/aromatic N) is 5. The number of rotatable bonds is 5. The third-order valence-electron chi connectivity index (χ3n) is 4.36. The zero-order valence-electron chi connectivity index (χ0n) is 15.8. The maximum absolute atomic E-state index is 12.1. The van der Waals surface area contributed by atoms with Crippen LogP contribution in [0.3, 0.4) is 0 Å². The molecule has 1 aliphatic rings. The maximum Gasteiger partial charge on any atom is 0.355 e. The molecule has 0 radical (unpaired) electrons. The van der Waals surface area contributed by atoms with Gasteiger partial charge in [-0.05, 0) is 6.92 Å². The number of ether oxygens (including phenoxy) is 1. The van der Waals surface area contributed by atoms with Gasteiger partial charge in [0.2, 0.25) is 5.91 Å². The van der Waals surface area contributed by atoms with Crippen LogP contribution in [0.1, 0.15) is 24.5 Å². The Morgan fingerprint density at radius 3 is 2.76 bits per heavy atom. The summed E-state index contributed by atoms with van der Waals surface area (Å²) in [4.78, 5) is 23.6. The van der Waals surface area contributed by atoms with Crippen molar-refractivity contribution in [2.75, 3.05) is 7.05 Å². The molecule has 1 amide bonds. The van der Waals surface area contributed by atoms with Crippen molar-refractivity contribution in [1.82, 2.24) is 20.4 Å². The van der Waals surface area contributed by atoms with Crippen LogP contribution in [0.15, 0.2) is 44.4 Å². The molecule has 3 heterocycles. The van der Waals surface area contributed by atoms with Crippen LogP contribution in [0.2, 0.25) is 0 Å². The van der Waals surface area contributed by atoms with Crippen LogP contribution in [0.25, 0.3) is 22.7 Å². The highest BCUT2D eigenvalue weighted by molar-refractivity contribution is 6.37. The lowest BCUT2D eigenvalue weighted by Crippen LogP contribution is -2.32. The lowest BCUT2D eigenvalue weighted by atomic mass is 10.1. The monoisotopic (exact) mass is 395 g/mol. The number of esters is 1. The number of aromatic nitrogens is 3. The first-order valence-electron chi connectivity index (χ1n) is 8.88. The number of hydrogen-bond acceptors (Lipinski definition) is 9. The van der Waals surface area contributed by atoms with Crippen molar-refractivity contribution in [3.8, 4) is 22.7 Å². The van der Waals surface area contributed by atoms with Gasteiger partial charge in [-0.25, -0.2) is 9.80 Å². The number of aryl methyl sites for hydroxylation is 1. The van der Waals surface area contributed by atoms with E-state index < -0.39 is 5.97 Å². The van der Waals surface area contributed by atoms with Gasteiger partial charge in [-0.1, -0.05) is 35.5 Å². The number of hydrogen-bond donors (Lipinski definition) is 0. The predicted molar refractivity (Wildman–Crippen MR) is 99.2 cm³/mol. The number of carbonyl (C=O) groups is 2. The van der Waals surface area contributed by atoms with Crippen molar-refractivity contribution in [3.63, 3.8) is 0 Å². The van der Waals surface area contributed by atoms with Gasteiger partial charge in [0.1, 0.15) is 22.7 Å². The summed E-state index contributed by atoms with van der Waals surface area (Å²) in [7, 11) is 1.49. The van der Waals surface area contributed by atoms with Crippen molar-refractivity contribution in [1.29, 1.82) is 0 Å². The highest BCUT2D eigenvalue weighted by atomic mass is 16.5. The van der Waals surface area contributed by atoms with Crippen molar-refractivity contribution < 1.29 is 23.3 Å². The predicted octanol–water partition coefficient (Wildman–Crippen LogP) is 2.35. The van der Waals surface area contributed by atoms with E-state index in [0.717, 1.165) is 10.6 Å². The first-order chi connectivity index (χ1) is 14.0. The molecule has 0 spiro atoms. The van der Waals surface area contributed by atoms with Gasteiger partial charge in [0, 0.05) is 25.5 Å². The second-order valence-electron chi connectivity index (χ2n) is 6.37. The van der Waals surface area contributed by atoms with Crippen molar-refractivity contribution >= 4 is 17.6 Å². The fraction of sp³-hybridized carbons (Fsp3) is 0.263. The van der Waals surface area contributed by atoms with Crippen LogP contribution >= 0.6 is 0 Å². The van der Waals surface area contributed by atoms with Gasteiger partial charge in [0.15, 0.2) is 6.61 Å². The van der Waals surface area contributed by atoms with Gasteiger partial charge < -0.3 is 13.7 Å². The lowest BCUT2D eigenvalue weighted by molar-refractivity contribution is -0.138.